The molecular weight excluding hydrogens is 236 g/mol. The number of carbonyl (C=O) groups excluding carboxylic acids is 1. The highest BCUT2D eigenvalue weighted by atomic mass is 32.1. The number of fused-ring (bicyclic) bond motifs is 1. The van der Waals surface area contributed by atoms with Crippen LogP contribution in [0.4, 0.5) is 9.93 Å². The number of aryl methyl sites for hydroxylation is 1. The Bertz CT molecular complexity index is 536. The molecule has 0 saturated carbocycles. The fourth-order valence-corrected chi connectivity index (χ4v) is 2.41. The molecule has 1 aromatic heterocycles. The summed E-state index contributed by atoms with van der Waals surface area (Å²) in [5.41, 5.74) is 2.17. The first-order chi connectivity index (χ1) is 8.22. The van der Waals surface area contributed by atoms with E-state index in [0.717, 1.165) is 16.6 Å². The summed E-state index contributed by atoms with van der Waals surface area (Å²) in [5.74, 6) is 0. The summed E-state index contributed by atoms with van der Waals surface area (Å²) in [7, 11) is 0. The lowest BCUT2D eigenvalue weighted by Crippen LogP contribution is -2.12. The summed E-state index contributed by atoms with van der Waals surface area (Å²) < 4.78 is 5.88. The first-order valence-corrected chi connectivity index (χ1v) is 6.37. The second-order valence-electron chi connectivity index (χ2n) is 3.52. The topological polar surface area (TPSA) is 51.2 Å². The second-order valence-corrected chi connectivity index (χ2v) is 4.55. The maximum absolute atomic E-state index is 11.2. The van der Waals surface area contributed by atoms with Gasteiger partial charge in [-0.2, -0.15) is 0 Å². The van der Waals surface area contributed by atoms with Gasteiger partial charge in [0.15, 0.2) is 5.13 Å². The maximum Gasteiger partial charge on any atom is 0.413 e. The molecule has 0 unspecified atom stereocenters. The van der Waals surface area contributed by atoms with E-state index in [2.05, 4.69) is 29.4 Å². The Morgan fingerprint density at radius 1 is 1.47 bits per heavy atom. The van der Waals surface area contributed by atoms with Gasteiger partial charge in [0, 0.05) is 0 Å². The third kappa shape index (κ3) is 2.74. The van der Waals surface area contributed by atoms with Gasteiger partial charge in [-0.3, -0.25) is 5.32 Å². The molecule has 5 heteroatoms. The number of nitrogens with zero attached hydrogens (tertiary/aromatic N) is 1. The summed E-state index contributed by atoms with van der Waals surface area (Å²) in [6.07, 6.45) is 0.538. The largest absolute Gasteiger partial charge is 0.450 e. The highest BCUT2D eigenvalue weighted by Crippen LogP contribution is 2.26. The number of hydrogen-bond donors (Lipinski definition) is 1. The van der Waals surface area contributed by atoms with E-state index < -0.39 is 6.09 Å². The number of anilines is 1. The van der Waals surface area contributed by atoms with Gasteiger partial charge in [0.1, 0.15) is 0 Å². The average Bonchev–Trinajstić information content (AvgIpc) is 2.69. The molecule has 0 aliphatic heterocycles. The molecule has 90 valence electrons. The number of amides is 1. The molecule has 0 spiro atoms. The first-order valence-electron chi connectivity index (χ1n) is 5.56. The number of carbonyl (C=O) groups is 1. The zero-order chi connectivity index (χ0) is 12.3. The minimum atomic E-state index is -0.456. The van der Waals surface area contributed by atoms with Crippen LogP contribution in [-0.2, 0) is 11.2 Å². The van der Waals surface area contributed by atoms with Crippen molar-refractivity contribution in [2.24, 2.45) is 0 Å². The fraction of sp³-hybridized carbons (Fsp3) is 0.333. The highest BCUT2D eigenvalue weighted by Gasteiger charge is 2.08. The number of ether oxygens (including phenoxy) is 1. The molecule has 0 atom stereocenters. The SMILES string of the molecule is CCOC(=O)Nc1nc2ccc(CC)cc2s1. The summed E-state index contributed by atoms with van der Waals surface area (Å²) >= 11 is 1.46. The number of nitrogens with one attached hydrogen (secondary N) is 1. The van der Waals surface area contributed by atoms with E-state index in [4.69, 9.17) is 4.74 Å². The van der Waals surface area contributed by atoms with Crippen LogP contribution in [0.3, 0.4) is 0 Å². The molecule has 0 aliphatic carbocycles. The molecule has 0 fully saturated rings. The van der Waals surface area contributed by atoms with E-state index >= 15 is 0 Å². The van der Waals surface area contributed by atoms with Crippen LogP contribution in [-0.4, -0.2) is 17.7 Å². The highest BCUT2D eigenvalue weighted by molar-refractivity contribution is 7.22. The Kier molecular flexibility index (Phi) is 3.58. The van der Waals surface area contributed by atoms with E-state index in [1.165, 1.54) is 16.9 Å². The van der Waals surface area contributed by atoms with E-state index in [1.54, 1.807) is 6.92 Å². The van der Waals surface area contributed by atoms with Crippen LogP contribution in [0.15, 0.2) is 18.2 Å². The molecule has 4 nitrogen and oxygen atoms in total. The molecule has 0 radical (unpaired) electrons. The molecule has 0 saturated heterocycles. The van der Waals surface area contributed by atoms with Crippen molar-refractivity contribution in [2.75, 3.05) is 11.9 Å². The van der Waals surface area contributed by atoms with Crippen molar-refractivity contribution < 1.29 is 9.53 Å². The molecule has 2 aromatic rings. The van der Waals surface area contributed by atoms with Crippen molar-refractivity contribution in [3.63, 3.8) is 0 Å². The standard InChI is InChI=1S/C12H14N2O2S/c1-3-8-5-6-9-10(7-8)17-11(13-9)14-12(15)16-4-2/h5-7H,3-4H2,1-2H3,(H,13,14,15). The van der Waals surface area contributed by atoms with Gasteiger partial charge in [0.2, 0.25) is 0 Å². The lowest BCUT2D eigenvalue weighted by molar-refractivity contribution is 0.168. The number of aromatic nitrogens is 1. The summed E-state index contributed by atoms with van der Waals surface area (Å²) in [6, 6.07) is 6.13. The van der Waals surface area contributed by atoms with Gasteiger partial charge in [0.25, 0.3) is 0 Å². The van der Waals surface area contributed by atoms with Crippen molar-refractivity contribution in [2.45, 2.75) is 20.3 Å². The normalized spacial score (nSPS) is 10.5. The molecule has 1 heterocycles. The van der Waals surface area contributed by atoms with Gasteiger partial charge in [-0.25, -0.2) is 9.78 Å². The molecule has 2 rings (SSSR count). The van der Waals surface area contributed by atoms with Gasteiger partial charge in [-0.1, -0.05) is 24.3 Å². The second kappa shape index (κ2) is 5.14. The van der Waals surface area contributed by atoms with Gasteiger partial charge < -0.3 is 4.74 Å². The fourth-order valence-electron chi connectivity index (χ4n) is 1.50. The lowest BCUT2D eigenvalue weighted by Gasteiger charge is -1.99. The molecule has 1 aromatic carbocycles. The minimum Gasteiger partial charge on any atom is -0.450 e. The van der Waals surface area contributed by atoms with Crippen LogP contribution < -0.4 is 5.32 Å². The smallest absolute Gasteiger partial charge is 0.413 e. The zero-order valence-electron chi connectivity index (χ0n) is 9.82. The molecule has 0 bridgehead atoms. The predicted molar refractivity (Wildman–Crippen MR) is 69.6 cm³/mol. The third-order valence-electron chi connectivity index (χ3n) is 2.35. The van der Waals surface area contributed by atoms with Gasteiger partial charge in [-0.05, 0) is 31.0 Å². The summed E-state index contributed by atoms with van der Waals surface area (Å²) in [4.78, 5) is 15.6. The molecule has 17 heavy (non-hydrogen) atoms. The number of rotatable bonds is 3. The number of hydrogen-bond acceptors (Lipinski definition) is 4. The monoisotopic (exact) mass is 250 g/mol. The molecule has 0 aliphatic rings. The predicted octanol–water partition coefficient (Wildman–Crippen LogP) is 3.43. The minimum absolute atomic E-state index is 0.358. The Balaban J connectivity index is 2.22. The zero-order valence-corrected chi connectivity index (χ0v) is 10.6. The Labute approximate surface area is 104 Å². The lowest BCUT2D eigenvalue weighted by atomic mass is 10.2. The quantitative estimate of drug-likeness (QED) is 0.908. The third-order valence-corrected chi connectivity index (χ3v) is 3.28. The van der Waals surface area contributed by atoms with Gasteiger partial charge in [0.05, 0.1) is 16.8 Å². The van der Waals surface area contributed by atoms with Crippen LogP contribution >= 0.6 is 11.3 Å². The molecule has 1 N–H and O–H groups in total. The molecule has 1 amide bonds. The van der Waals surface area contributed by atoms with Crippen LogP contribution in [0, 0.1) is 0 Å². The van der Waals surface area contributed by atoms with Crippen LogP contribution in [0.25, 0.3) is 10.2 Å². The maximum atomic E-state index is 11.2. The van der Waals surface area contributed by atoms with Crippen molar-refractivity contribution in [1.82, 2.24) is 4.98 Å². The number of thiazole rings is 1. The van der Waals surface area contributed by atoms with Crippen molar-refractivity contribution in [1.29, 1.82) is 0 Å². The first kappa shape index (κ1) is 11.9. The Morgan fingerprint density at radius 2 is 2.29 bits per heavy atom. The van der Waals surface area contributed by atoms with Gasteiger partial charge in [-0.15, -0.1) is 0 Å². The summed E-state index contributed by atoms with van der Waals surface area (Å²) in [5, 5.41) is 3.19. The van der Waals surface area contributed by atoms with Crippen LogP contribution in [0.5, 0.6) is 0 Å². The van der Waals surface area contributed by atoms with Crippen molar-refractivity contribution in [3.05, 3.63) is 23.8 Å². The Hall–Kier alpha value is -1.62. The van der Waals surface area contributed by atoms with E-state index in [0.29, 0.717) is 11.7 Å². The van der Waals surface area contributed by atoms with Crippen LogP contribution in [0.1, 0.15) is 19.4 Å². The Morgan fingerprint density at radius 3 is 3.00 bits per heavy atom. The molecular formula is C12H14N2O2S. The number of benzene rings is 1. The van der Waals surface area contributed by atoms with E-state index in [9.17, 15) is 4.79 Å². The van der Waals surface area contributed by atoms with Crippen molar-refractivity contribution >= 4 is 32.8 Å². The average molecular weight is 250 g/mol. The van der Waals surface area contributed by atoms with E-state index in [1.807, 2.05) is 6.07 Å². The van der Waals surface area contributed by atoms with Crippen LogP contribution in [0.2, 0.25) is 0 Å². The summed E-state index contributed by atoms with van der Waals surface area (Å²) in [6.45, 7) is 4.24. The van der Waals surface area contributed by atoms with Crippen molar-refractivity contribution in [3.8, 4) is 0 Å². The van der Waals surface area contributed by atoms with E-state index in [-0.39, 0.29) is 0 Å². The van der Waals surface area contributed by atoms with Gasteiger partial charge >= 0.3 is 6.09 Å².